The number of ether oxygens (including phenoxy) is 1. The molecule has 1 aromatic rings. The number of anilines is 1. The molecule has 2 unspecified atom stereocenters. The Labute approximate surface area is 150 Å². The molecule has 5 nitrogen and oxygen atoms in total. The number of likely N-dealkylation sites (tertiary alicyclic amines) is 1. The Morgan fingerprint density at radius 3 is 2.64 bits per heavy atom. The van der Waals surface area contributed by atoms with Gasteiger partial charge in [0.15, 0.2) is 0 Å². The normalized spacial score (nSPS) is 23.0. The summed E-state index contributed by atoms with van der Waals surface area (Å²) in [6, 6.07) is 8.50. The summed E-state index contributed by atoms with van der Waals surface area (Å²) in [5.41, 5.74) is 8.26. The van der Waals surface area contributed by atoms with Gasteiger partial charge in [-0.25, -0.2) is 0 Å². The van der Waals surface area contributed by atoms with Gasteiger partial charge in [0.05, 0.1) is 13.2 Å². The first-order valence-electron chi connectivity index (χ1n) is 9.29. The molecule has 2 heterocycles. The van der Waals surface area contributed by atoms with E-state index < -0.39 is 0 Å². The van der Waals surface area contributed by atoms with Gasteiger partial charge in [-0.15, -0.1) is 0 Å². The summed E-state index contributed by atoms with van der Waals surface area (Å²) in [6.45, 7) is 7.08. The van der Waals surface area contributed by atoms with Gasteiger partial charge in [-0.05, 0) is 49.5 Å². The molecule has 0 aromatic heterocycles. The van der Waals surface area contributed by atoms with Crippen molar-refractivity contribution in [2.75, 3.05) is 44.3 Å². The first-order chi connectivity index (χ1) is 12.1. The Morgan fingerprint density at radius 2 is 1.96 bits per heavy atom. The highest BCUT2D eigenvalue weighted by Crippen LogP contribution is 2.20. The minimum absolute atomic E-state index is 0.0857. The van der Waals surface area contributed by atoms with Crippen LogP contribution in [0.3, 0.4) is 0 Å². The van der Waals surface area contributed by atoms with Crippen molar-refractivity contribution in [3.63, 3.8) is 0 Å². The fraction of sp³-hybridized carbons (Fsp3) is 0.550. The Bertz CT molecular complexity index is 591. The number of hydrogen-bond acceptors (Lipinski definition) is 4. The summed E-state index contributed by atoms with van der Waals surface area (Å²) in [7, 11) is 0. The molecule has 1 amide bonds. The molecule has 2 fully saturated rings. The van der Waals surface area contributed by atoms with Crippen molar-refractivity contribution in [3.8, 4) is 0 Å². The van der Waals surface area contributed by atoms with Gasteiger partial charge in [0.25, 0.3) is 0 Å². The zero-order valence-corrected chi connectivity index (χ0v) is 15.1. The van der Waals surface area contributed by atoms with E-state index in [9.17, 15) is 4.79 Å². The molecule has 3 rings (SSSR count). The number of carbonyl (C=O) groups excluding carboxylic acids is 1. The second-order valence-corrected chi connectivity index (χ2v) is 7.07. The standard InChI is InChI=1S/C20H29N3O2/c1-16(21)18-3-2-10-23(15-18)20(24)9-6-17-4-7-19(8-5-17)22-11-13-25-14-12-22/h4-9,16,18H,2-3,10-15,21H2,1H3/b9-6+. The van der Waals surface area contributed by atoms with Crippen molar-refractivity contribution in [2.45, 2.75) is 25.8 Å². The number of nitrogens with two attached hydrogens (primary N) is 1. The molecule has 0 saturated carbocycles. The zero-order chi connectivity index (χ0) is 17.6. The molecule has 2 saturated heterocycles. The molecular weight excluding hydrogens is 314 g/mol. The van der Waals surface area contributed by atoms with Crippen molar-refractivity contribution in [2.24, 2.45) is 11.7 Å². The van der Waals surface area contributed by atoms with E-state index in [0.717, 1.165) is 57.8 Å². The number of rotatable bonds is 4. The third-order valence-corrected chi connectivity index (χ3v) is 5.20. The maximum atomic E-state index is 12.4. The largest absolute Gasteiger partial charge is 0.378 e. The summed E-state index contributed by atoms with van der Waals surface area (Å²) in [6.07, 6.45) is 5.75. The van der Waals surface area contributed by atoms with Crippen LogP contribution in [0.15, 0.2) is 30.3 Å². The highest BCUT2D eigenvalue weighted by Gasteiger charge is 2.24. The predicted octanol–water partition coefficient (Wildman–Crippen LogP) is 2.12. The molecular formula is C20H29N3O2. The number of nitrogens with zero attached hydrogens (tertiary/aromatic N) is 2. The number of amides is 1. The second-order valence-electron chi connectivity index (χ2n) is 7.07. The van der Waals surface area contributed by atoms with Crippen LogP contribution in [-0.4, -0.2) is 56.2 Å². The van der Waals surface area contributed by atoms with Gasteiger partial charge in [0.1, 0.15) is 0 Å². The van der Waals surface area contributed by atoms with Crippen molar-refractivity contribution in [1.29, 1.82) is 0 Å². The minimum Gasteiger partial charge on any atom is -0.378 e. The first kappa shape index (κ1) is 18.0. The molecule has 2 atom stereocenters. The lowest BCUT2D eigenvalue weighted by Gasteiger charge is -2.34. The van der Waals surface area contributed by atoms with Gasteiger partial charge in [-0.3, -0.25) is 4.79 Å². The van der Waals surface area contributed by atoms with Crippen molar-refractivity contribution < 1.29 is 9.53 Å². The predicted molar refractivity (Wildman–Crippen MR) is 101 cm³/mol. The van der Waals surface area contributed by atoms with Crippen LogP contribution in [0.4, 0.5) is 5.69 Å². The van der Waals surface area contributed by atoms with E-state index in [4.69, 9.17) is 10.5 Å². The summed E-state index contributed by atoms with van der Waals surface area (Å²) in [5.74, 6) is 0.501. The van der Waals surface area contributed by atoms with Crippen LogP contribution in [-0.2, 0) is 9.53 Å². The van der Waals surface area contributed by atoms with E-state index in [1.54, 1.807) is 6.08 Å². The van der Waals surface area contributed by atoms with Gasteiger partial charge in [0.2, 0.25) is 5.91 Å². The lowest BCUT2D eigenvalue weighted by atomic mass is 9.92. The topological polar surface area (TPSA) is 58.8 Å². The van der Waals surface area contributed by atoms with Crippen LogP contribution in [0, 0.1) is 5.92 Å². The molecule has 1 aromatic carbocycles. The maximum absolute atomic E-state index is 12.4. The van der Waals surface area contributed by atoms with Crippen molar-refractivity contribution in [3.05, 3.63) is 35.9 Å². The van der Waals surface area contributed by atoms with E-state index in [1.807, 2.05) is 17.9 Å². The highest BCUT2D eigenvalue weighted by molar-refractivity contribution is 5.91. The molecule has 0 spiro atoms. The number of carbonyl (C=O) groups is 1. The van der Waals surface area contributed by atoms with Crippen LogP contribution in [0.25, 0.3) is 6.08 Å². The fourth-order valence-corrected chi connectivity index (χ4v) is 3.53. The highest BCUT2D eigenvalue weighted by atomic mass is 16.5. The molecule has 5 heteroatoms. The van der Waals surface area contributed by atoms with Crippen LogP contribution in [0.2, 0.25) is 0 Å². The molecule has 2 N–H and O–H groups in total. The van der Waals surface area contributed by atoms with Crippen LogP contribution in [0.1, 0.15) is 25.3 Å². The molecule has 0 bridgehead atoms. The molecule has 25 heavy (non-hydrogen) atoms. The van der Waals surface area contributed by atoms with Gasteiger partial charge < -0.3 is 20.3 Å². The van der Waals surface area contributed by atoms with Gasteiger partial charge in [0, 0.05) is 44.0 Å². The fourth-order valence-electron chi connectivity index (χ4n) is 3.53. The van der Waals surface area contributed by atoms with Crippen LogP contribution < -0.4 is 10.6 Å². The minimum atomic E-state index is 0.0857. The molecule has 2 aliphatic rings. The van der Waals surface area contributed by atoms with Crippen molar-refractivity contribution >= 4 is 17.7 Å². The van der Waals surface area contributed by atoms with Gasteiger partial charge in [-0.2, -0.15) is 0 Å². The lowest BCUT2D eigenvalue weighted by Crippen LogP contribution is -2.44. The Kier molecular flexibility index (Phi) is 6.10. The zero-order valence-electron chi connectivity index (χ0n) is 15.1. The second kappa shape index (κ2) is 8.50. The summed E-state index contributed by atoms with van der Waals surface area (Å²) in [4.78, 5) is 16.7. The van der Waals surface area contributed by atoms with E-state index >= 15 is 0 Å². The number of morpholine rings is 1. The Morgan fingerprint density at radius 1 is 1.24 bits per heavy atom. The van der Waals surface area contributed by atoms with Gasteiger partial charge in [-0.1, -0.05) is 12.1 Å². The summed E-state index contributed by atoms with van der Waals surface area (Å²) < 4.78 is 5.39. The average molecular weight is 343 g/mol. The molecule has 2 aliphatic heterocycles. The van der Waals surface area contributed by atoms with E-state index in [1.165, 1.54) is 5.69 Å². The average Bonchev–Trinajstić information content (AvgIpc) is 2.67. The van der Waals surface area contributed by atoms with Crippen LogP contribution >= 0.6 is 0 Å². The Balaban J connectivity index is 1.56. The maximum Gasteiger partial charge on any atom is 0.246 e. The van der Waals surface area contributed by atoms with E-state index in [2.05, 4.69) is 29.2 Å². The number of benzene rings is 1. The molecule has 136 valence electrons. The Hall–Kier alpha value is -1.85. The van der Waals surface area contributed by atoms with E-state index in [0.29, 0.717) is 5.92 Å². The summed E-state index contributed by atoms with van der Waals surface area (Å²) >= 11 is 0. The monoisotopic (exact) mass is 343 g/mol. The SMILES string of the molecule is CC(N)C1CCCN(C(=O)/C=C/c2ccc(N3CCOCC3)cc2)C1. The molecule has 0 radical (unpaired) electrons. The van der Waals surface area contributed by atoms with Gasteiger partial charge >= 0.3 is 0 Å². The number of piperidine rings is 1. The number of hydrogen-bond donors (Lipinski definition) is 1. The smallest absolute Gasteiger partial charge is 0.246 e. The van der Waals surface area contributed by atoms with E-state index in [-0.39, 0.29) is 11.9 Å². The quantitative estimate of drug-likeness (QED) is 0.851. The van der Waals surface area contributed by atoms with Crippen molar-refractivity contribution in [1.82, 2.24) is 4.90 Å². The lowest BCUT2D eigenvalue weighted by molar-refractivity contribution is -0.127. The van der Waals surface area contributed by atoms with Crippen LogP contribution in [0.5, 0.6) is 0 Å². The first-order valence-corrected chi connectivity index (χ1v) is 9.29. The third kappa shape index (κ3) is 4.83. The third-order valence-electron chi connectivity index (χ3n) is 5.20. The summed E-state index contributed by atoms with van der Waals surface area (Å²) in [5, 5.41) is 0. The molecule has 0 aliphatic carbocycles.